The molecule has 0 spiro atoms. The van der Waals surface area contributed by atoms with Gasteiger partial charge in [0, 0.05) is 42.4 Å². The third-order valence-electron chi connectivity index (χ3n) is 7.80. The summed E-state index contributed by atoms with van der Waals surface area (Å²) >= 11 is 0. The van der Waals surface area contributed by atoms with E-state index in [0.29, 0.717) is 37.7 Å². The summed E-state index contributed by atoms with van der Waals surface area (Å²) in [5.41, 5.74) is 4.19. The summed E-state index contributed by atoms with van der Waals surface area (Å²) in [6.07, 6.45) is 3.08. The molecule has 40 heavy (non-hydrogen) atoms. The lowest BCUT2D eigenvalue weighted by molar-refractivity contribution is 0.0512. The summed E-state index contributed by atoms with van der Waals surface area (Å²) in [7, 11) is 3.78. The third-order valence-corrected chi connectivity index (χ3v) is 7.80. The van der Waals surface area contributed by atoms with Gasteiger partial charge in [-0.25, -0.2) is 0 Å². The van der Waals surface area contributed by atoms with Gasteiger partial charge in [-0.2, -0.15) is 9.97 Å². The normalized spacial score (nSPS) is 17.1. The molecular formula is C32H36N4O4. The summed E-state index contributed by atoms with van der Waals surface area (Å²) in [5, 5.41) is 2.29. The minimum Gasteiger partial charge on any atom is -0.472 e. The second-order valence-electron chi connectivity index (χ2n) is 10.5. The molecule has 2 aliphatic rings. The Bertz CT molecular complexity index is 1450. The molecule has 3 heterocycles. The maximum absolute atomic E-state index is 6.30. The molecule has 2 aliphatic heterocycles. The van der Waals surface area contributed by atoms with Gasteiger partial charge in [0.1, 0.15) is 19.0 Å². The Morgan fingerprint density at radius 2 is 1.77 bits per heavy atom. The molecule has 1 aromatic heterocycles. The number of hydrogen-bond donors (Lipinski definition) is 0. The summed E-state index contributed by atoms with van der Waals surface area (Å²) in [5.74, 6) is 1.39. The summed E-state index contributed by atoms with van der Waals surface area (Å²) in [6.45, 7) is 3.75. The maximum Gasteiger partial charge on any atom is 0.320 e. The van der Waals surface area contributed by atoms with E-state index in [1.54, 1.807) is 7.11 Å². The fourth-order valence-electron chi connectivity index (χ4n) is 5.59. The lowest BCUT2D eigenvalue weighted by Crippen LogP contribution is -2.33. The number of nitrogens with zero attached hydrogens (tertiary/aromatic N) is 4. The highest BCUT2D eigenvalue weighted by molar-refractivity contribution is 5.95. The average molecular weight is 541 g/mol. The van der Waals surface area contributed by atoms with Crippen LogP contribution in [0.4, 0.5) is 5.69 Å². The predicted molar refractivity (Wildman–Crippen MR) is 155 cm³/mol. The molecule has 3 aromatic carbocycles. The highest BCUT2D eigenvalue weighted by atomic mass is 16.7. The van der Waals surface area contributed by atoms with E-state index in [0.717, 1.165) is 59.6 Å². The van der Waals surface area contributed by atoms with E-state index in [2.05, 4.69) is 59.3 Å². The summed E-state index contributed by atoms with van der Waals surface area (Å²) < 4.78 is 23.5. The molecule has 0 N–H and O–H groups in total. The van der Waals surface area contributed by atoms with Gasteiger partial charge >= 0.3 is 6.01 Å². The minimum absolute atomic E-state index is 0.201. The van der Waals surface area contributed by atoms with Gasteiger partial charge in [-0.15, -0.1) is 0 Å². The Kier molecular flexibility index (Phi) is 7.97. The first kappa shape index (κ1) is 26.3. The van der Waals surface area contributed by atoms with Crippen LogP contribution >= 0.6 is 0 Å². The van der Waals surface area contributed by atoms with Gasteiger partial charge in [0.15, 0.2) is 6.79 Å². The average Bonchev–Trinajstić information content (AvgIpc) is 3.41. The number of likely N-dealkylation sites (tertiary alicyclic amines) is 1. The lowest BCUT2D eigenvalue weighted by atomic mass is 10.0. The first-order valence-electron chi connectivity index (χ1n) is 14.0. The molecule has 1 atom stereocenters. The quantitative estimate of drug-likeness (QED) is 0.254. The Balaban J connectivity index is 1.30. The fraction of sp³-hybridized carbons (Fsp3) is 0.375. The van der Waals surface area contributed by atoms with Gasteiger partial charge in [0.2, 0.25) is 5.88 Å². The third kappa shape index (κ3) is 5.83. The van der Waals surface area contributed by atoms with Gasteiger partial charge < -0.3 is 28.7 Å². The SMILES string of the molecule is COCOc1cc(N2CCc3c(nc(OCC4CCCN4C)nc3OCc3ccccc3)C2)c2ccccc2c1. The van der Waals surface area contributed by atoms with Crippen molar-refractivity contribution in [3.8, 4) is 17.6 Å². The van der Waals surface area contributed by atoms with E-state index in [9.17, 15) is 0 Å². The zero-order valence-electron chi connectivity index (χ0n) is 23.2. The molecule has 0 radical (unpaired) electrons. The molecule has 6 rings (SSSR count). The fourth-order valence-corrected chi connectivity index (χ4v) is 5.59. The number of anilines is 1. The summed E-state index contributed by atoms with van der Waals surface area (Å²) in [4.78, 5) is 14.4. The second-order valence-corrected chi connectivity index (χ2v) is 10.5. The van der Waals surface area contributed by atoms with E-state index in [1.165, 1.54) is 11.8 Å². The predicted octanol–water partition coefficient (Wildman–Crippen LogP) is 5.23. The Morgan fingerprint density at radius 1 is 0.925 bits per heavy atom. The highest BCUT2D eigenvalue weighted by Crippen LogP contribution is 2.36. The van der Waals surface area contributed by atoms with Crippen molar-refractivity contribution in [2.75, 3.05) is 45.5 Å². The number of hydrogen-bond acceptors (Lipinski definition) is 8. The smallest absolute Gasteiger partial charge is 0.320 e. The van der Waals surface area contributed by atoms with Crippen molar-refractivity contribution >= 4 is 16.5 Å². The number of benzene rings is 3. The van der Waals surface area contributed by atoms with Crippen molar-refractivity contribution in [1.82, 2.24) is 14.9 Å². The molecule has 8 nitrogen and oxygen atoms in total. The lowest BCUT2D eigenvalue weighted by Gasteiger charge is -2.32. The van der Waals surface area contributed by atoms with Gasteiger partial charge in [0.25, 0.3) is 0 Å². The molecule has 0 saturated carbocycles. The van der Waals surface area contributed by atoms with Crippen LogP contribution in [0.2, 0.25) is 0 Å². The summed E-state index contributed by atoms with van der Waals surface area (Å²) in [6, 6.07) is 23.5. The van der Waals surface area contributed by atoms with E-state index in [1.807, 2.05) is 24.3 Å². The topological polar surface area (TPSA) is 69.2 Å². The van der Waals surface area contributed by atoms with Crippen LogP contribution in [0, 0.1) is 0 Å². The standard InChI is InChI=1S/C32H36N4O4/c1-35-15-8-12-25(35)21-39-32-33-29-19-36(16-14-28(29)31(34-32)38-20-23-9-4-3-5-10-23)30-18-26(40-22-37-2)17-24-11-6-7-13-27(24)30/h3-7,9-11,13,17-18,25H,8,12,14-16,19-22H2,1-2H3. The van der Waals surface area contributed by atoms with E-state index < -0.39 is 0 Å². The van der Waals surface area contributed by atoms with Gasteiger partial charge in [-0.1, -0.05) is 54.6 Å². The van der Waals surface area contributed by atoms with Crippen LogP contribution in [0.25, 0.3) is 10.8 Å². The number of methoxy groups -OCH3 is 1. The van der Waals surface area contributed by atoms with Gasteiger partial charge in [0.05, 0.1) is 12.2 Å². The molecule has 208 valence electrons. The first-order chi connectivity index (χ1) is 19.7. The molecule has 1 saturated heterocycles. The molecular weight excluding hydrogens is 504 g/mol. The zero-order valence-corrected chi connectivity index (χ0v) is 23.2. The van der Waals surface area contributed by atoms with Crippen molar-refractivity contribution in [3.05, 3.63) is 83.6 Å². The van der Waals surface area contributed by atoms with Crippen LogP contribution in [0.3, 0.4) is 0 Å². The van der Waals surface area contributed by atoms with E-state index >= 15 is 0 Å². The molecule has 8 heteroatoms. The Hall–Kier alpha value is -3.88. The number of ether oxygens (including phenoxy) is 4. The van der Waals surface area contributed by atoms with Crippen LogP contribution in [0.1, 0.15) is 29.7 Å². The maximum atomic E-state index is 6.30. The molecule has 1 unspecified atom stereocenters. The number of aromatic nitrogens is 2. The van der Waals surface area contributed by atoms with Crippen LogP contribution in [0.15, 0.2) is 66.7 Å². The van der Waals surface area contributed by atoms with Crippen molar-refractivity contribution in [3.63, 3.8) is 0 Å². The largest absolute Gasteiger partial charge is 0.472 e. The van der Waals surface area contributed by atoms with Crippen molar-refractivity contribution in [1.29, 1.82) is 0 Å². The van der Waals surface area contributed by atoms with Crippen LogP contribution < -0.4 is 19.1 Å². The number of likely N-dealkylation sites (N-methyl/N-ethyl adjacent to an activating group) is 1. The van der Waals surface area contributed by atoms with Crippen molar-refractivity contribution < 1.29 is 18.9 Å². The Morgan fingerprint density at radius 3 is 2.60 bits per heavy atom. The zero-order chi connectivity index (χ0) is 27.3. The monoisotopic (exact) mass is 540 g/mol. The van der Waals surface area contributed by atoms with Gasteiger partial charge in [-0.05, 0) is 49.9 Å². The Labute approximate surface area is 235 Å². The first-order valence-corrected chi connectivity index (χ1v) is 14.0. The number of fused-ring (bicyclic) bond motifs is 2. The van der Waals surface area contributed by atoms with E-state index in [-0.39, 0.29) is 6.79 Å². The molecule has 0 amide bonds. The molecule has 0 bridgehead atoms. The van der Waals surface area contributed by atoms with Gasteiger partial charge in [-0.3, -0.25) is 0 Å². The van der Waals surface area contributed by atoms with Crippen molar-refractivity contribution in [2.45, 2.75) is 38.5 Å². The molecule has 1 fully saturated rings. The van der Waals surface area contributed by atoms with E-state index in [4.69, 9.17) is 28.9 Å². The molecule has 4 aromatic rings. The number of rotatable bonds is 10. The van der Waals surface area contributed by atoms with Crippen molar-refractivity contribution in [2.24, 2.45) is 0 Å². The van der Waals surface area contributed by atoms with Crippen LogP contribution in [0.5, 0.6) is 17.6 Å². The van der Waals surface area contributed by atoms with Crippen LogP contribution in [-0.2, 0) is 24.3 Å². The molecule has 0 aliphatic carbocycles. The minimum atomic E-state index is 0.201. The highest BCUT2D eigenvalue weighted by Gasteiger charge is 2.27. The second kappa shape index (κ2) is 12.1. The van der Waals surface area contributed by atoms with Crippen LogP contribution in [-0.4, -0.2) is 61.6 Å².